The highest BCUT2D eigenvalue weighted by Gasteiger charge is 2.17. The van der Waals surface area contributed by atoms with Crippen LogP contribution in [0.4, 0.5) is 0 Å². The van der Waals surface area contributed by atoms with Crippen LogP contribution in [0.5, 0.6) is 5.75 Å². The van der Waals surface area contributed by atoms with Crippen LogP contribution in [0.15, 0.2) is 66.0 Å². The predicted molar refractivity (Wildman–Crippen MR) is 104 cm³/mol. The molecule has 5 nitrogen and oxygen atoms in total. The van der Waals surface area contributed by atoms with E-state index < -0.39 is 0 Å². The number of rotatable bonds is 5. The molecule has 0 aliphatic heterocycles. The summed E-state index contributed by atoms with van der Waals surface area (Å²) in [5, 5.41) is 22.1. The molecule has 2 aromatic carbocycles. The normalized spacial score (nSPS) is 11.1. The van der Waals surface area contributed by atoms with Gasteiger partial charge in [-0.15, -0.1) is 10.2 Å². The Morgan fingerprint density at radius 3 is 2.50 bits per heavy atom. The molecule has 4 aromatic rings. The van der Waals surface area contributed by atoms with Crippen LogP contribution in [0.25, 0.3) is 22.2 Å². The second-order valence-corrected chi connectivity index (χ2v) is 6.82. The molecule has 0 atom stereocenters. The van der Waals surface area contributed by atoms with E-state index in [1.54, 1.807) is 24.0 Å². The molecule has 2 aromatic heterocycles. The van der Waals surface area contributed by atoms with Gasteiger partial charge in [0.15, 0.2) is 11.0 Å². The number of aromatic nitrogens is 4. The first-order valence-electron chi connectivity index (χ1n) is 8.44. The standard InChI is InChI=1S/C20H18N4OS/c1-2-24-19(17-11-14-7-3-4-8-15(14)12-18(17)25)22-23-20(24)26-13-16-9-5-6-10-21-16/h3-12,25H,2,13H2,1H3. The van der Waals surface area contributed by atoms with E-state index >= 15 is 0 Å². The van der Waals surface area contributed by atoms with Crippen LogP contribution in [0.1, 0.15) is 12.6 Å². The highest BCUT2D eigenvalue weighted by Crippen LogP contribution is 2.34. The Bertz CT molecular complexity index is 1050. The summed E-state index contributed by atoms with van der Waals surface area (Å²) in [6, 6.07) is 17.6. The lowest BCUT2D eigenvalue weighted by Gasteiger charge is -2.10. The molecule has 0 saturated heterocycles. The van der Waals surface area contributed by atoms with Gasteiger partial charge < -0.3 is 9.67 Å². The number of phenolic OH excluding ortho intramolecular Hbond substituents is 1. The van der Waals surface area contributed by atoms with Gasteiger partial charge in [-0.25, -0.2) is 0 Å². The van der Waals surface area contributed by atoms with Crippen LogP contribution in [0.2, 0.25) is 0 Å². The molecule has 0 spiro atoms. The van der Waals surface area contributed by atoms with Gasteiger partial charge in [0.1, 0.15) is 5.75 Å². The van der Waals surface area contributed by atoms with Gasteiger partial charge in [-0.1, -0.05) is 42.1 Å². The van der Waals surface area contributed by atoms with E-state index in [9.17, 15) is 5.11 Å². The van der Waals surface area contributed by atoms with E-state index in [0.717, 1.165) is 33.9 Å². The fourth-order valence-electron chi connectivity index (χ4n) is 2.91. The van der Waals surface area contributed by atoms with E-state index in [1.165, 1.54) is 0 Å². The van der Waals surface area contributed by atoms with Crippen molar-refractivity contribution in [2.45, 2.75) is 24.4 Å². The van der Waals surface area contributed by atoms with E-state index in [-0.39, 0.29) is 5.75 Å². The molecule has 130 valence electrons. The zero-order valence-electron chi connectivity index (χ0n) is 14.3. The molecule has 0 radical (unpaired) electrons. The molecule has 1 N–H and O–H groups in total. The number of nitrogens with zero attached hydrogens (tertiary/aromatic N) is 4. The minimum atomic E-state index is 0.215. The quantitative estimate of drug-likeness (QED) is 0.529. The van der Waals surface area contributed by atoms with E-state index in [2.05, 4.69) is 22.1 Å². The van der Waals surface area contributed by atoms with Crippen molar-refractivity contribution in [1.82, 2.24) is 19.7 Å². The third-order valence-electron chi connectivity index (χ3n) is 4.21. The van der Waals surface area contributed by atoms with Crippen LogP contribution in [0.3, 0.4) is 0 Å². The topological polar surface area (TPSA) is 63.8 Å². The van der Waals surface area contributed by atoms with Crippen LogP contribution in [0, 0.1) is 0 Å². The van der Waals surface area contributed by atoms with Crippen molar-refractivity contribution in [3.63, 3.8) is 0 Å². The van der Waals surface area contributed by atoms with E-state index in [1.807, 2.05) is 53.1 Å². The number of benzene rings is 2. The maximum atomic E-state index is 10.5. The van der Waals surface area contributed by atoms with Gasteiger partial charge in [0.05, 0.1) is 11.3 Å². The summed E-state index contributed by atoms with van der Waals surface area (Å²) >= 11 is 1.59. The monoisotopic (exact) mass is 362 g/mol. The number of fused-ring (bicyclic) bond motifs is 1. The highest BCUT2D eigenvalue weighted by atomic mass is 32.2. The molecule has 0 saturated carbocycles. The zero-order chi connectivity index (χ0) is 17.9. The van der Waals surface area contributed by atoms with Crippen molar-refractivity contribution in [3.05, 3.63) is 66.5 Å². The summed E-state index contributed by atoms with van der Waals surface area (Å²) in [4.78, 5) is 4.34. The Morgan fingerprint density at radius 1 is 1.00 bits per heavy atom. The molecule has 2 heterocycles. The molecule has 0 amide bonds. The van der Waals surface area contributed by atoms with Crippen molar-refractivity contribution in [2.75, 3.05) is 0 Å². The summed E-state index contributed by atoms with van der Waals surface area (Å²) in [7, 11) is 0. The summed E-state index contributed by atoms with van der Waals surface area (Å²) in [5.74, 6) is 1.62. The Morgan fingerprint density at radius 2 is 1.77 bits per heavy atom. The van der Waals surface area contributed by atoms with Gasteiger partial charge in [-0.2, -0.15) is 0 Å². The lowest BCUT2D eigenvalue weighted by Crippen LogP contribution is -2.00. The van der Waals surface area contributed by atoms with Crippen molar-refractivity contribution in [3.8, 4) is 17.1 Å². The van der Waals surface area contributed by atoms with Crippen LogP contribution >= 0.6 is 11.8 Å². The van der Waals surface area contributed by atoms with Gasteiger partial charge >= 0.3 is 0 Å². The number of aromatic hydroxyl groups is 1. The number of pyridine rings is 1. The zero-order valence-corrected chi connectivity index (χ0v) is 15.1. The van der Waals surface area contributed by atoms with E-state index in [0.29, 0.717) is 11.4 Å². The average molecular weight is 362 g/mol. The maximum absolute atomic E-state index is 10.5. The fourth-order valence-corrected chi connectivity index (χ4v) is 3.83. The largest absolute Gasteiger partial charge is 0.507 e. The van der Waals surface area contributed by atoms with Crippen LogP contribution in [-0.2, 0) is 12.3 Å². The molecule has 4 rings (SSSR count). The summed E-state index contributed by atoms with van der Waals surface area (Å²) in [5.41, 5.74) is 1.70. The first-order valence-corrected chi connectivity index (χ1v) is 9.43. The van der Waals surface area contributed by atoms with Crippen molar-refractivity contribution < 1.29 is 5.11 Å². The predicted octanol–water partition coefficient (Wildman–Crippen LogP) is 4.51. The average Bonchev–Trinajstić information content (AvgIpc) is 3.09. The van der Waals surface area contributed by atoms with Gasteiger partial charge in [-0.3, -0.25) is 4.98 Å². The Labute approximate surface area is 155 Å². The molecule has 0 unspecified atom stereocenters. The number of hydrogen-bond donors (Lipinski definition) is 1. The molecular weight excluding hydrogens is 344 g/mol. The van der Waals surface area contributed by atoms with Gasteiger partial charge in [0.25, 0.3) is 0 Å². The van der Waals surface area contributed by atoms with Crippen molar-refractivity contribution in [2.24, 2.45) is 0 Å². The van der Waals surface area contributed by atoms with E-state index in [4.69, 9.17) is 0 Å². The second-order valence-electron chi connectivity index (χ2n) is 5.88. The fraction of sp³-hybridized carbons (Fsp3) is 0.150. The summed E-state index contributed by atoms with van der Waals surface area (Å²) in [6.45, 7) is 2.77. The molecule has 0 aliphatic carbocycles. The van der Waals surface area contributed by atoms with Crippen molar-refractivity contribution in [1.29, 1.82) is 0 Å². The second kappa shape index (κ2) is 7.17. The smallest absolute Gasteiger partial charge is 0.191 e. The van der Waals surface area contributed by atoms with Crippen molar-refractivity contribution >= 4 is 22.5 Å². The molecule has 0 aliphatic rings. The summed E-state index contributed by atoms with van der Waals surface area (Å²) < 4.78 is 2.03. The molecule has 0 bridgehead atoms. The Balaban J connectivity index is 1.69. The maximum Gasteiger partial charge on any atom is 0.191 e. The SMILES string of the molecule is CCn1c(SCc2ccccn2)nnc1-c1cc2ccccc2cc1O. The molecule has 26 heavy (non-hydrogen) atoms. The Hall–Kier alpha value is -2.86. The Kier molecular flexibility index (Phi) is 4.58. The molecule has 6 heteroatoms. The minimum absolute atomic E-state index is 0.215. The molecule has 0 fully saturated rings. The molecular formula is C20H18N4OS. The van der Waals surface area contributed by atoms with Crippen LogP contribution in [-0.4, -0.2) is 24.9 Å². The third kappa shape index (κ3) is 3.15. The lowest BCUT2D eigenvalue weighted by molar-refractivity contribution is 0.477. The highest BCUT2D eigenvalue weighted by molar-refractivity contribution is 7.98. The first-order chi connectivity index (χ1) is 12.8. The van der Waals surface area contributed by atoms with Gasteiger partial charge in [0.2, 0.25) is 0 Å². The number of thioether (sulfide) groups is 1. The number of phenols is 1. The van der Waals surface area contributed by atoms with Gasteiger partial charge in [0, 0.05) is 18.5 Å². The van der Waals surface area contributed by atoms with Crippen LogP contribution < -0.4 is 0 Å². The minimum Gasteiger partial charge on any atom is -0.507 e. The van der Waals surface area contributed by atoms with Gasteiger partial charge in [-0.05, 0) is 42.0 Å². The third-order valence-corrected chi connectivity index (χ3v) is 5.21. The first kappa shape index (κ1) is 16.6. The summed E-state index contributed by atoms with van der Waals surface area (Å²) in [6.07, 6.45) is 1.79. The lowest BCUT2D eigenvalue weighted by atomic mass is 10.1. The number of hydrogen-bond acceptors (Lipinski definition) is 5.